The summed E-state index contributed by atoms with van der Waals surface area (Å²) < 4.78 is 38.3. The van der Waals surface area contributed by atoms with Crippen LogP contribution in [0.2, 0.25) is 0 Å². The quantitative estimate of drug-likeness (QED) is 0.568. The van der Waals surface area contributed by atoms with Crippen LogP contribution in [0.3, 0.4) is 0 Å². The van der Waals surface area contributed by atoms with Gasteiger partial charge in [-0.25, -0.2) is 9.78 Å². The van der Waals surface area contributed by atoms with Gasteiger partial charge >= 0.3 is 12.1 Å². The number of alkyl halides is 3. The number of aromatic carboxylic acids is 1. The highest BCUT2D eigenvalue weighted by atomic mass is 19.4. The number of halogens is 3. The number of nitrogens with one attached hydrogen (secondary N) is 2. The molecule has 0 unspecified atom stereocenters. The van der Waals surface area contributed by atoms with Crippen molar-refractivity contribution in [2.75, 3.05) is 6.54 Å². The van der Waals surface area contributed by atoms with Crippen LogP contribution >= 0.6 is 0 Å². The summed E-state index contributed by atoms with van der Waals surface area (Å²) in [4.78, 5) is 36.5. The maximum absolute atomic E-state index is 12.8. The Kier molecular flexibility index (Phi) is 5.41. The minimum atomic E-state index is -4.43. The number of carbonyl (C=O) groups is 1. The molecule has 2 aromatic heterocycles. The molecule has 0 aliphatic carbocycles. The van der Waals surface area contributed by atoms with Gasteiger partial charge in [-0.2, -0.15) is 13.2 Å². The fraction of sp³-hybridized carbons (Fsp3) is 0.318. The number of nitrogens with zero attached hydrogens (tertiary/aromatic N) is 2. The number of fused-ring (bicyclic) bond motifs is 1. The lowest BCUT2D eigenvalue weighted by Crippen LogP contribution is -2.35. The van der Waals surface area contributed by atoms with E-state index >= 15 is 0 Å². The number of aromatic amines is 2. The van der Waals surface area contributed by atoms with E-state index in [2.05, 4.69) is 15.0 Å². The summed E-state index contributed by atoms with van der Waals surface area (Å²) in [6.07, 6.45) is -3.93. The molecule has 0 atom stereocenters. The van der Waals surface area contributed by atoms with Crippen molar-refractivity contribution in [2.24, 2.45) is 0 Å². The smallest absolute Gasteiger partial charge is 0.416 e. The van der Waals surface area contributed by atoms with E-state index in [1.807, 2.05) is 4.90 Å². The van der Waals surface area contributed by atoms with E-state index in [-0.39, 0.29) is 16.9 Å². The second kappa shape index (κ2) is 7.94. The molecule has 3 aromatic rings. The molecule has 0 amide bonds. The Labute approximate surface area is 180 Å². The molecule has 0 saturated heterocycles. The summed E-state index contributed by atoms with van der Waals surface area (Å²) >= 11 is 0. The van der Waals surface area contributed by atoms with Crippen LogP contribution in [0.4, 0.5) is 13.2 Å². The van der Waals surface area contributed by atoms with Gasteiger partial charge < -0.3 is 15.1 Å². The molecule has 4 rings (SSSR count). The first-order valence-electron chi connectivity index (χ1n) is 9.98. The fourth-order valence-electron chi connectivity index (χ4n) is 4.09. The molecule has 0 saturated carbocycles. The largest absolute Gasteiger partial charge is 0.478 e. The standard InChI is InChI=1S/C22H21F3N4O3/c1-11-17(26-12(2)18(11)21(31)32)10-29-8-7-16-15(9-29)20(30)28-19(27-16)13-3-5-14(6-4-13)22(23,24)25/h3-6,26H,7-10H2,1-2H3,(H,31,32)(H,27,28,30). The molecule has 0 radical (unpaired) electrons. The van der Waals surface area contributed by atoms with E-state index in [1.54, 1.807) is 13.8 Å². The zero-order chi connectivity index (χ0) is 23.2. The van der Waals surface area contributed by atoms with Crippen molar-refractivity contribution in [3.63, 3.8) is 0 Å². The third kappa shape index (κ3) is 4.05. The Morgan fingerprint density at radius 3 is 2.47 bits per heavy atom. The number of hydrogen-bond acceptors (Lipinski definition) is 4. The van der Waals surface area contributed by atoms with Gasteiger partial charge in [0.1, 0.15) is 5.82 Å². The van der Waals surface area contributed by atoms with Crippen LogP contribution in [0.1, 0.15) is 44.1 Å². The molecule has 0 fully saturated rings. The summed E-state index contributed by atoms with van der Waals surface area (Å²) in [5.74, 6) is -0.749. The molecule has 0 bridgehead atoms. The summed E-state index contributed by atoms with van der Waals surface area (Å²) in [7, 11) is 0. The summed E-state index contributed by atoms with van der Waals surface area (Å²) in [5, 5.41) is 9.36. The molecule has 0 spiro atoms. The van der Waals surface area contributed by atoms with Crippen molar-refractivity contribution < 1.29 is 23.1 Å². The van der Waals surface area contributed by atoms with E-state index in [1.165, 1.54) is 12.1 Å². The second-order valence-electron chi connectivity index (χ2n) is 7.91. The molecular weight excluding hydrogens is 425 g/mol. The zero-order valence-electron chi connectivity index (χ0n) is 17.4. The van der Waals surface area contributed by atoms with Gasteiger partial charge in [-0.1, -0.05) is 12.1 Å². The van der Waals surface area contributed by atoms with Crippen LogP contribution < -0.4 is 5.56 Å². The maximum atomic E-state index is 12.8. The van der Waals surface area contributed by atoms with Gasteiger partial charge in [0.05, 0.1) is 22.4 Å². The number of hydrogen-bond donors (Lipinski definition) is 3. The van der Waals surface area contributed by atoms with Gasteiger partial charge in [0.25, 0.3) is 5.56 Å². The van der Waals surface area contributed by atoms with Crippen molar-refractivity contribution in [1.82, 2.24) is 19.9 Å². The van der Waals surface area contributed by atoms with Crippen LogP contribution in [0.15, 0.2) is 29.1 Å². The minimum absolute atomic E-state index is 0.234. The highest BCUT2D eigenvalue weighted by Crippen LogP contribution is 2.30. The second-order valence-corrected chi connectivity index (χ2v) is 7.91. The van der Waals surface area contributed by atoms with Crippen LogP contribution in [0.5, 0.6) is 0 Å². The lowest BCUT2D eigenvalue weighted by atomic mass is 10.0. The van der Waals surface area contributed by atoms with Gasteiger partial charge in [-0.05, 0) is 31.5 Å². The molecule has 32 heavy (non-hydrogen) atoms. The Morgan fingerprint density at radius 1 is 1.19 bits per heavy atom. The number of carboxylic acid groups (broad SMARTS) is 1. The maximum Gasteiger partial charge on any atom is 0.416 e. The van der Waals surface area contributed by atoms with Crippen LogP contribution in [0.25, 0.3) is 11.4 Å². The number of H-pyrrole nitrogens is 2. The normalized spacial score (nSPS) is 14.4. The summed E-state index contributed by atoms with van der Waals surface area (Å²) in [6, 6.07) is 4.50. The zero-order valence-corrected chi connectivity index (χ0v) is 17.4. The molecule has 10 heteroatoms. The Morgan fingerprint density at radius 2 is 1.88 bits per heavy atom. The van der Waals surface area contributed by atoms with E-state index in [4.69, 9.17) is 0 Å². The molecule has 3 heterocycles. The highest BCUT2D eigenvalue weighted by Gasteiger charge is 2.30. The predicted octanol–water partition coefficient (Wildman–Crippen LogP) is 3.66. The molecule has 7 nitrogen and oxygen atoms in total. The number of aromatic nitrogens is 3. The first kappa shape index (κ1) is 21.8. The first-order valence-corrected chi connectivity index (χ1v) is 9.98. The SMILES string of the molecule is Cc1[nH]c(CN2CCc3nc(-c4ccc(C(F)(F)F)cc4)[nH]c(=O)c3C2)c(C)c1C(=O)O. The first-order chi connectivity index (χ1) is 15.0. The van der Waals surface area contributed by atoms with E-state index in [0.717, 1.165) is 17.8 Å². The van der Waals surface area contributed by atoms with Crippen molar-refractivity contribution in [3.05, 3.63) is 74.0 Å². The Balaban J connectivity index is 1.56. The van der Waals surface area contributed by atoms with E-state index < -0.39 is 17.7 Å². The van der Waals surface area contributed by atoms with Crippen molar-refractivity contribution in [2.45, 2.75) is 39.5 Å². The van der Waals surface area contributed by atoms with Gasteiger partial charge in [0, 0.05) is 43.0 Å². The average molecular weight is 446 g/mol. The topological polar surface area (TPSA) is 102 Å². The fourth-order valence-corrected chi connectivity index (χ4v) is 4.09. The number of rotatable bonds is 4. The Hall–Kier alpha value is -3.40. The highest BCUT2D eigenvalue weighted by molar-refractivity contribution is 5.91. The number of carboxylic acids is 1. The predicted molar refractivity (Wildman–Crippen MR) is 110 cm³/mol. The van der Waals surface area contributed by atoms with Gasteiger partial charge in [-0.3, -0.25) is 9.69 Å². The van der Waals surface area contributed by atoms with E-state index in [0.29, 0.717) is 54.1 Å². The van der Waals surface area contributed by atoms with Crippen LogP contribution in [0, 0.1) is 13.8 Å². The monoisotopic (exact) mass is 446 g/mol. The molecule has 1 aromatic carbocycles. The van der Waals surface area contributed by atoms with Gasteiger partial charge in [0.2, 0.25) is 0 Å². The summed E-state index contributed by atoms with van der Waals surface area (Å²) in [5.41, 5.74) is 2.73. The van der Waals surface area contributed by atoms with Crippen molar-refractivity contribution in [1.29, 1.82) is 0 Å². The van der Waals surface area contributed by atoms with Gasteiger partial charge in [-0.15, -0.1) is 0 Å². The average Bonchev–Trinajstić information content (AvgIpc) is 3.00. The van der Waals surface area contributed by atoms with Crippen LogP contribution in [-0.2, 0) is 25.7 Å². The Bertz CT molecular complexity index is 1240. The molecule has 1 aliphatic rings. The molecular formula is C22H21F3N4O3. The molecule has 1 aliphatic heterocycles. The number of benzene rings is 1. The third-order valence-electron chi connectivity index (χ3n) is 5.77. The number of aryl methyl sites for hydroxylation is 1. The minimum Gasteiger partial charge on any atom is -0.478 e. The molecule has 168 valence electrons. The summed E-state index contributed by atoms with van der Waals surface area (Å²) in [6.45, 7) is 4.87. The van der Waals surface area contributed by atoms with Gasteiger partial charge in [0.15, 0.2) is 0 Å². The lowest BCUT2D eigenvalue weighted by molar-refractivity contribution is -0.137. The lowest BCUT2D eigenvalue weighted by Gasteiger charge is -2.27. The third-order valence-corrected chi connectivity index (χ3v) is 5.77. The van der Waals surface area contributed by atoms with Crippen LogP contribution in [-0.4, -0.2) is 37.5 Å². The van der Waals surface area contributed by atoms with E-state index in [9.17, 15) is 27.9 Å². The molecule has 3 N–H and O–H groups in total. The van der Waals surface area contributed by atoms with Crippen molar-refractivity contribution in [3.8, 4) is 11.4 Å². The van der Waals surface area contributed by atoms with Crippen molar-refractivity contribution >= 4 is 5.97 Å².